The molecule has 0 aromatic heterocycles. The summed E-state index contributed by atoms with van der Waals surface area (Å²) in [7, 11) is 0. The molecule has 0 aromatic carbocycles. The van der Waals surface area contributed by atoms with Crippen molar-refractivity contribution in [2.45, 2.75) is 0 Å². The molecule has 60 valence electrons. The van der Waals surface area contributed by atoms with E-state index in [-0.39, 0.29) is 6.61 Å². The molecule has 0 fully saturated rings. The maximum Gasteiger partial charge on any atom is 0.505 e. The summed E-state index contributed by atoms with van der Waals surface area (Å²) in [5, 5.41) is 10.9. The molecule has 0 atom stereocenters. The predicted octanol–water partition coefficient (Wildman–Crippen LogP) is -0.771. The van der Waals surface area contributed by atoms with Crippen LogP contribution in [0.4, 0.5) is 4.79 Å². The molecule has 0 saturated heterocycles. The van der Waals surface area contributed by atoms with Crippen LogP contribution < -0.4 is 11.1 Å². The van der Waals surface area contributed by atoms with Gasteiger partial charge in [-0.05, 0) is 0 Å². The molecule has 0 rings (SSSR count). The number of rotatable bonds is 5. The highest BCUT2D eigenvalue weighted by molar-refractivity contribution is 5.56. The van der Waals surface area contributed by atoms with Crippen LogP contribution in [0.15, 0.2) is 0 Å². The molecular formula is C5H12N2O3. The van der Waals surface area contributed by atoms with E-state index in [1.165, 1.54) is 0 Å². The molecule has 5 heteroatoms. The van der Waals surface area contributed by atoms with E-state index >= 15 is 0 Å². The lowest BCUT2D eigenvalue weighted by atomic mass is 10.6. The highest BCUT2D eigenvalue weighted by atomic mass is 16.7. The van der Waals surface area contributed by atoms with Gasteiger partial charge < -0.3 is 20.9 Å². The van der Waals surface area contributed by atoms with E-state index in [1.807, 2.05) is 0 Å². The number of carbonyl (C=O) groups is 1. The first kappa shape index (κ1) is 9.19. The molecule has 5 nitrogen and oxygen atoms in total. The van der Waals surface area contributed by atoms with E-state index in [0.29, 0.717) is 19.6 Å². The van der Waals surface area contributed by atoms with Gasteiger partial charge >= 0.3 is 6.16 Å². The van der Waals surface area contributed by atoms with Crippen molar-refractivity contribution in [3.63, 3.8) is 0 Å². The summed E-state index contributed by atoms with van der Waals surface area (Å²) in [6, 6.07) is 0. The van der Waals surface area contributed by atoms with Gasteiger partial charge in [-0.3, -0.25) is 0 Å². The Labute approximate surface area is 59.2 Å². The van der Waals surface area contributed by atoms with Gasteiger partial charge in [0.15, 0.2) is 0 Å². The minimum Gasteiger partial charge on any atom is -0.450 e. The zero-order valence-corrected chi connectivity index (χ0v) is 5.67. The zero-order valence-electron chi connectivity index (χ0n) is 5.67. The van der Waals surface area contributed by atoms with Crippen molar-refractivity contribution in [3.8, 4) is 0 Å². The van der Waals surface area contributed by atoms with Crippen molar-refractivity contribution in [3.05, 3.63) is 0 Å². The summed E-state index contributed by atoms with van der Waals surface area (Å²) in [5.74, 6) is 0. The van der Waals surface area contributed by atoms with Gasteiger partial charge in [-0.2, -0.15) is 0 Å². The summed E-state index contributed by atoms with van der Waals surface area (Å²) in [6.07, 6.45) is -1.24. The SMILES string of the molecule is NCCNCCOC(=O)O. The molecule has 0 aliphatic carbocycles. The molecule has 0 spiro atoms. The van der Waals surface area contributed by atoms with Crippen molar-refractivity contribution < 1.29 is 14.6 Å². The number of ether oxygens (including phenoxy) is 1. The molecule has 0 saturated carbocycles. The number of hydrogen-bond donors (Lipinski definition) is 3. The lowest BCUT2D eigenvalue weighted by Crippen LogP contribution is -2.26. The third kappa shape index (κ3) is 7.19. The fourth-order valence-corrected chi connectivity index (χ4v) is 0.438. The topological polar surface area (TPSA) is 84.6 Å². The van der Waals surface area contributed by atoms with E-state index < -0.39 is 6.16 Å². The van der Waals surface area contributed by atoms with Crippen LogP contribution in [0.25, 0.3) is 0 Å². The van der Waals surface area contributed by atoms with Gasteiger partial charge in [0.2, 0.25) is 0 Å². The van der Waals surface area contributed by atoms with Crippen LogP contribution in [0.2, 0.25) is 0 Å². The normalized spacial score (nSPS) is 9.30. The second-order valence-electron chi connectivity index (χ2n) is 1.65. The number of nitrogens with two attached hydrogens (primary N) is 1. The van der Waals surface area contributed by atoms with E-state index in [2.05, 4.69) is 10.1 Å². The Kier molecular flexibility index (Phi) is 5.80. The second kappa shape index (κ2) is 6.31. The molecule has 0 unspecified atom stereocenters. The van der Waals surface area contributed by atoms with E-state index in [9.17, 15) is 4.79 Å². The molecule has 4 N–H and O–H groups in total. The summed E-state index contributed by atoms with van der Waals surface area (Å²) in [6.45, 7) is 1.93. The maximum absolute atomic E-state index is 9.76. The summed E-state index contributed by atoms with van der Waals surface area (Å²) in [5.41, 5.74) is 5.15. The Morgan fingerprint density at radius 3 is 2.80 bits per heavy atom. The molecule has 0 radical (unpaired) electrons. The van der Waals surface area contributed by atoms with Gasteiger partial charge in [-0.25, -0.2) is 4.79 Å². The van der Waals surface area contributed by atoms with Crippen molar-refractivity contribution in [1.82, 2.24) is 5.32 Å². The van der Waals surface area contributed by atoms with Crippen LogP contribution in [0.3, 0.4) is 0 Å². The third-order valence-electron chi connectivity index (χ3n) is 0.825. The van der Waals surface area contributed by atoms with Crippen LogP contribution in [0.1, 0.15) is 0 Å². The van der Waals surface area contributed by atoms with Crippen LogP contribution in [0, 0.1) is 0 Å². The van der Waals surface area contributed by atoms with Crippen LogP contribution in [0.5, 0.6) is 0 Å². The molecular weight excluding hydrogens is 136 g/mol. The minimum atomic E-state index is -1.24. The lowest BCUT2D eigenvalue weighted by molar-refractivity contribution is 0.0925. The Morgan fingerprint density at radius 2 is 2.30 bits per heavy atom. The summed E-state index contributed by atoms with van der Waals surface area (Å²) >= 11 is 0. The third-order valence-corrected chi connectivity index (χ3v) is 0.825. The first-order chi connectivity index (χ1) is 4.77. The largest absolute Gasteiger partial charge is 0.505 e. The first-order valence-corrected chi connectivity index (χ1v) is 3.04. The summed E-state index contributed by atoms with van der Waals surface area (Å²) in [4.78, 5) is 9.76. The standard InChI is InChI=1S/C5H12N2O3/c6-1-2-7-3-4-10-5(8)9/h7H,1-4,6H2,(H,8,9). The Balaban J connectivity index is 2.84. The molecule has 10 heavy (non-hydrogen) atoms. The van der Waals surface area contributed by atoms with Gasteiger partial charge in [0, 0.05) is 19.6 Å². The van der Waals surface area contributed by atoms with Crippen molar-refractivity contribution >= 4 is 6.16 Å². The van der Waals surface area contributed by atoms with Crippen molar-refractivity contribution in [1.29, 1.82) is 0 Å². The minimum absolute atomic E-state index is 0.176. The number of hydrogen-bond acceptors (Lipinski definition) is 4. The van der Waals surface area contributed by atoms with Gasteiger partial charge in [-0.15, -0.1) is 0 Å². The Morgan fingerprint density at radius 1 is 1.60 bits per heavy atom. The Hall–Kier alpha value is -0.810. The van der Waals surface area contributed by atoms with Crippen LogP contribution in [-0.2, 0) is 4.74 Å². The van der Waals surface area contributed by atoms with Crippen molar-refractivity contribution in [2.75, 3.05) is 26.2 Å². The average Bonchev–Trinajstić information content (AvgIpc) is 1.87. The molecule has 0 heterocycles. The zero-order chi connectivity index (χ0) is 7.82. The smallest absolute Gasteiger partial charge is 0.450 e. The first-order valence-electron chi connectivity index (χ1n) is 3.04. The molecule has 0 bridgehead atoms. The Bertz CT molecular complexity index is 96.9. The van der Waals surface area contributed by atoms with Gasteiger partial charge in [0.25, 0.3) is 0 Å². The highest BCUT2D eigenvalue weighted by Crippen LogP contribution is 1.72. The van der Waals surface area contributed by atoms with E-state index in [1.54, 1.807) is 0 Å². The highest BCUT2D eigenvalue weighted by Gasteiger charge is 1.92. The van der Waals surface area contributed by atoms with Gasteiger partial charge in [-0.1, -0.05) is 0 Å². The molecule has 0 amide bonds. The van der Waals surface area contributed by atoms with E-state index in [0.717, 1.165) is 0 Å². The maximum atomic E-state index is 9.76. The van der Waals surface area contributed by atoms with E-state index in [4.69, 9.17) is 10.8 Å². The van der Waals surface area contributed by atoms with Crippen LogP contribution in [-0.4, -0.2) is 37.5 Å². The van der Waals surface area contributed by atoms with Crippen molar-refractivity contribution in [2.24, 2.45) is 5.73 Å². The fraction of sp³-hybridized carbons (Fsp3) is 0.800. The monoisotopic (exact) mass is 148 g/mol. The van der Waals surface area contributed by atoms with Crippen LogP contribution >= 0.6 is 0 Å². The van der Waals surface area contributed by atoms with Gasteiger partial charge in [0.1, 0.15) is 6.61 Å². The number of nitrogens with one attached hydrogen (secondary N) is 1. The predicted molar refractivity (Wildman–Crippen MR) is 35.9 cm³/mol. The fourth-order valence-electron chi connectivity index (χ4n) is 0.438. The molecule has 0 aliphatic heterocycles. The average molecular weight is 148 g/mol. The number of carboxylic acid groups (broad SMARTS) is 1. The molecule has 0 aromatic rings. The van der Waals surface area contributed by atoms with Gasteiger partial charge in [0.05, 0.1) is 0 Å². The summed E-state index contributed by atoms with van der Waals surface area (Å²) < 4.78 is 4.20. The second-order valence-corrected chi connectivity index (χ2v) is 1.65. The lowest BCUT2D eigenvalue weighted by Gasteiger charge is -2.00. The molecule has 0 aliphatic rings. The quantitative estimate of drug-likeness (QED) is 0.352.